The molecular weight excluding hydrogens is 288 g/mol. The third kappa shape index (κ3) is 3.28. The average Bonchev–Trinajstić information content (AvgIpc) is 2.43. The Labute approximate surface area is 124 Å². The van der Waals surface area contributed by atoms with Crippen LogP contribution >= 0.6 is 0 Å². The van der Waals surface area contributed by atoms with Crippen LogP contribution in [0.2, 0.25) is 0 Å². The number of methoxy groups -OCH3 is 1. The van der Waals surface area contributed by atoms with Crippen molar-refractivity contribution in [3.05, 3.63) is 47.5 Å². The fraction of sp³-hybridized carbons (Fsp3) is 0.200. The van der Waals surface area contributed by atoms with Crippen LogP contribution in [0.5, 0.6) is 5.75 Å². The fourth-order valence-corrected chi connectivity index (χ4v) is 3.00. The maximum absolute atomic E-state index is 12.4. The van der Waals surface area contributed by atoms with E-state index in [4.69, 9.17) is 10.5 Å². The number of benzene rings is 2. The molecule has 21 heavy (non-hydrogen) atoms. The number of sulfonamides is 1. The maximum Gasteiger partial charge on any atom is 0.261 e. The van der Waals surface area contributed by atoms with Crippen LogP contribution in [0.4, 0.5) is 11.4 Å². The van der Waals surface area contributed by atoms with Crippen molar-refractivity contribution in [3.63, 3.8) is 0 Å². The van der Waals surface area contributed by atoms with Gasteiger partial charge in [0.2, 0.25) is 0 Å². The van der Waals surface area contributed by atoms with Crippen molar-refractivity contribution in [2.75, 3.05) is 17.6 Å². The van der Waals surface area contributed by atoms with Crippen LogP contribution in [-0.2, 0) is 10.0 Å². The van der Waals surface area contributed by atoms with Gasteiger partial charge in [0.1, 0.15) is 5.75 Å². The van der Waals surface area contributed by atoms with Gasteiger partial charge in [-0.15, -0.1) is 0 Å². The van der Waals surface area contributed by atoms with E-state index in [2.05, 4.69) is 4.72 Å². The Kier molecular flexibility index (Phi) is 4.09. The second kappa shape index (κ2) is 5.65. The SMILES string of the molecule is COc1cc(NS(=O)(=O)c2ccc(C)c(C)c2)ccc1N. The zero-order valence-electron chi connectivity index (χ0n) is 12.2. The molecule has 0 saturated carbocycles. The molecule has 0 amide bonds. The van der Waals surface area contributed by atoms with Crippen LogP contribution in [0.3, 0.4) is 0 Å². The van der Waals surface area contributed by atoms with Gasteiger partial charge in [0.25, 0.3) is 10.0 Å². The molecule has 0 aliphatic heterocycles. The van der Waals surface area contributed by atoms with Crippen molar-refractivity contribution in [1.29, 1.82) is 0 Å². The largest absolute Gasteiger partial charge is 0.495 e. The summed E-state index contributed by atoms with van der Waals surface area (Å²) in [6.07, 6.45) is 0. The first-order chi connectivity index (χ1) is 9.83. The molecule has 0 bridgehead atoms. The van der Waals surface area contributed by atoms with Gasteiger partial charge in [-0.1, -0.05) is 6.07 Å². The van der Waals surface area contributed by atoms with Crippen molar-refractivity contribution in [1.82, 2.24) is 0 Å². The van der Waals surface area contributed by atoms with Crippen molar-refractivity contribution in [3.8, 4) is 5.75 Å². The van der Waals surface area contributed by atoms with E-state index in [1.54, 1.807) is 36.4 Å². The smallest absolute Gasteiger partial charge is 0.261 e. The molecule has 0 spiro atoms. The summed E-state index contributed by atoms with van der Waals surface area (Å²) in [5.74, 6) is 0.426. The monoisotopic (exact) mass is 306 g/mol. The van der Waals surface area contributed by atoms with Crippen molar-refractivity contribution < 1.29 is 13.2 Å². The Morgan fingerprint density at radius 2 is 1.76 bits per heavy atom. The normalized spacial score (nSPS) is 11.2. The van der Waals surface area contributed by atoms with Gasteiger partial charge < -0.3 is 10.5 Å². The Morgan fingerprint density at radius 1 is 1.05 bits per heavy atom. The molecule has 0 saturated heterocycles. The van der Waals surface area contributed by atoms with Crippen LogP contribution in [0.15, 0.2) is 41.3 Å². The quantitative estimate of drug-likeness (QED) is 0.851. The lowest BCUT2D eigenvalue weighted by Crippen LogP contribution is -2.13. The Hall–Kier alpha value is -2.21. The average molecular weight is 306 g/mol. The zero-order valence-corrected chi connectivity index (χ0v) is 13.0. The lowest BCUT2D eigenvalue weighted by atomic mass is 10.1. The number of hydrogen-bond donors (Lipinski definition) is 2. The van der Waals surface area contributed by atoms with E-state index < -0.39 is 10.0 Å². The lowest BCUT2D eigenvalue weighted by Gasteiger charge is -2.11. The van der Waals surface area contributed by atoms with Gasteiger partial charge in [-0.05, 0) is 49.2 Å². The first-order valence-corrected chi connectivity index (χ1v) is 7.85. The molecule has 5 nitrogen and oxygen atoms in total. The van der Waals surface area contributed by atoms with Crippen LogP contribution in [0.1, 0.15) is 11.1 Å². The first kappa shape index (κ1) is 15.2. The molecule has 0 unspecified atom stereocenters. The summed E-state index contributed by atoms with van der Waals surface area (Å²) < 4.78 is 32.3. The van der Waals surface area contributed by atoms with Crippen molar-refractivity contribution >= 4 is 21.4 Å². The standard InChI is InChI=1S/C15H18N2O3S/c1-10-4-6-13(8-11(10)2)21(18,19)17-12-5-7-14(16)15(9-12)20-3/h4-9,17H,16H2,1-3H3. The number of anilines is 2. The van der Waals surface area contributed by atoms with Crippen LogP contribution in [0, 0.1) is 13.8 Å². The first-order valence-electron chi connectivity index (χ1n) is 6.37. The van der Waals surface area contributed by atoms with E-state index in [1.807, 2.05) is 13.8 Å². The number of hydrogen-bond acceptors (Lipinski definition) is 4. The third-order valence-electron chi connectivity index (χ3n) is 3.27. The molecular formula is C15H18N2O3S. The van der Waals surface area contributed by atoms with Gasteiger partial charge in [-0.2, -0.15) is 0 Å². The fourth-order valence-electron chi connectivity index (χ4n) is 1.87. The Bertz CT molecular complexity index is 770. The minimum Gasteiger partial charge on any atom is -0.495 e. The molecule has 0 aliphatic carbocycles. The number of nitrogens with two attached hydrogens (primary N) is 1. The van der Waals surface area contributed by atoms with E-state index in [-0.39, 0.29) is 4.90 Å². The second-order valence-electron chi connectivity index (χ2n) is 4.81. The topological polar surface area (TPSA) is 81.4 Å². The molecule has 0 radical (unpaired) electrons. The van der Waals surface area contributed by atoms with Gasteiger partial charge in [0.15, 0.2) is 0 Å². The number of nitrogens with one attached hydrogen (secondary N) is 1. The minimum absolute atomic E-state index is 0.224. The molecule has 2 aromatic rings. The molecule has 6 heteroatoms. The second-order valence-corrected chi connectivity index (χ2v) is 6.49. The van der Waals surface area contributed by atoms with Gasteiger partial charge in [-0.25, -0.2) is 8.42 Å². The predicted molar refractivity (Wildman–Crippen MR) is 84.1 cm³/mol. The van der Waals surface area contributed by atoms with E-state index >= 15 is 0 Å². The lowest BCUT2D eigenvalue weighted by molar-refractivity contribution is 0.417. The van der Waals surface area contributed by atoms with Crippen molar-refractivity contribution in [2.24, 2.45) is 0 Å². The molecule has 0 atom stereocenters. The summed E-state index contributed by atoms with van der Waals surface area (Å²) >= 11 is 0. The predicted octanol–water partition coefficient (Wildman–Crippen LogP) is 2.70. The highest BCUT2D eigenvalue weighted by molar-refractivity contribution is 7.92. The number of rotatable bonds is 4. The summed E-state index contributed by atoms with van der Waals surface area (Å²) in [6, 6.07) is 9.75. The molecule has 2 aromatic carbocycles. The molecule has 3 N–H and O–H groups in total. The summed E-state index contributed by atoms with van der Waals surface area (Å²) in [7, 11) is -2.16. The number of ether oxygens (including phenoxy) is 1. The molecule has 2 rings (SSSR count). The molecule has 0 fully saturated rings. The van der Waals surface area contributed by atoms with Gasteiger partial charge in [0, 0.05) is 6.07 Å². The van der Waals surface area contributed by atoms with Gasteiger partial charge in [-0.3, -0.25) is 4.72 Å². The molecule has 112 valence electrons. The van der Waals surface area contributed by atoms with Crippen LogP contribution < -0.4 is 15.2 Å². The zero-order chi connectivity index (χ0) is 15.6. The van der Waals surface area contributed by atoms with Gasteiger partial charge in [0.05, 0.1) is 23.4 Å². The minimum atomic E-state index is -3.64. The highest BCUT2D eigenvalue weighted by Gasteiger charge is 2.15. The highest BCUT2D eigenvalue weighted by Crippen LogP contribution is 2.27. The van der Waals surface area contributed by atoms with Gasteiger partial charge >= 0.3 is 0 Å². The van der Waals surface area contributed by atoms with Crippen molar-refractivity contribution in [2.45, 2.75) is 18.7 Å². The van der Waals surface area contributed by atoms with Crippen LogP contribution in [-0.4, -0.2) is 15.5 Å². The Morgan fingerprint density at radius 3 is 2.38 bits per heavy atom. The molecule has 0 aromatic heterocycles. The van der Waals surface area contributed by atoms with Crippen LogP contribution in [0.25, 0.3) is 0 Å². The summed E-state index contributed by atoms with van der Waals surface area (Å²) in [4.78, 5) is 0.224. The highest BCUT2D eigenvalue weighted by atomic mass is 32.2. The Balaban J connectivity index is 2.35. The van der Waals surface area contributed by atoms with E-state index in [0.29, 0.717) is 17.1 Å². The summed E-state index contributed by atoms with van der Waals surface area (Å²) in [5.41, 5.74) is 8.53. The van der Waals surface area contributed by atoms with E-state index in [0.717, 1.165) is 11.1 Å². The van der Waals surface area contributed by atoms with E-state index in [1.165, 1.54) is 7.11 Å². The number of aryl methyl sites for hydroxylation is 2. The molecule has 0 aliphatic rings. The summed E-state index contributed by atoms with van der Waals surface area (Å²) in [6.45, 7) is 3.81. The van der Waals surface area contributed by atoms with E-state index in [9.17, 15) is 8.42 Å². The summed E-state index contributed by atoms with van der Waals surface area (Å²) in [5, 5.41) is 0. The third-order valence-corrected chi connectivity index (χ3v) is 4.65. The maximum atomic E-state index is 12.4. The number of nitrogen functional groups attached to an aromatic ring is 1. The molecule has 0 heterocycles.